The number of rotatable bonds is 7. The summed E-state index contributed by atoms with van der Waals surface area (Å²) in [5.41, 5.74) is 1.91. The van der Waals surface area contributed by atoms with Crippen molar-refractivity contribution in [3.63, 3.8) is 0 Å². The van der Waals surface area contributed by atoms with Crippen LogP contribution in [0.25, 0.3) is 0 Å². The Balaban J connectivity index is 1.63. The number of benzene rings is 1. The average molecular weight is 381 g/mol. The zero-order valence-corrected chi connectivity index (χ0v) is 16.3. The van der Waals surface area contributed by atoms with Crippen LogP contribution in [0, 0.1) is 0 Å². The van der Waals surface area contributed by atoms with Crippen molar-refractivity contribution in [2.75, 3.05) is 26.7 Å². The number of piperidine rings is 1. The highest BCUT2D eigenvalue weighted by Crippen LogP contribution is 2.21. The van der Waals surface area contributed by atoms with Crippen molar-refractivity contribution in [1.82, 2.24) is 14.8 Å². The van der Waals surface area contributed by atoms with Crippen molar-refractivity contribution < 1.29 is 14.3 Å². The lowest BCUT2D eigenvalue weighted by Crippen LogP contribution is -2.48. The molecular formula is C22H27N3O3. The molecule has 6 nitrogen and oxygen atoms in total. The molecule has 0 radical (unpaired) electrons. The molecule has 28 heavy (non-hydrogen) atoms. The standard InChI is InChI=1S/C22H27N3O3/c1-28-21(26)11-16-25(22(27)19-7-12-23-13-8-19)20-9-14-24(15-10-20)17-18-5-3-2-4-6-18/h2-8,12-13,20H,9-11,14-17H2,1H3. The van der Waals surface area contributed by atoms with Crippen LogP contribution in [0.4, 0.5) is 0 Å². The number of hydrogen-bond acceptors (Lipinski definition) is 5. The Morgan fingerprint density at radius 1 is 1.11 bits per heavy atom. The zero-order valence-electron chi connectivity index (χ0n) is 16.3. The predicted molar refractivity (Wildman–Crippen MR) is 107 cm³/mol. The molecule has 1 aliphatic rings. The molecule has 1 fully saturated rings. The number of esters is 1. The van der Waals surface area contributed by atoms with Crippen LogP contribution in [0.2, 0.25) is 0 Å². The van der Waals surface area contributed by atoms with E-state index < -0.39 is 0 Å². The molecule has 1 aromatic carbocycles. The fourth-order valence-corrected chi connectivity index (χ4v) is 3.65. The van der Waals surface area contributed by atoms with Crippen molar-refractivity contribution in [1.29, 1.82) is 0 Å². The number of ether oxygens (including phenoxy) is 1. The summed E-state index contributed by atoms with van der Waals surface area (Å²) in [5, 5.41) is 0. The fraction of sp³-hybridized carbons (Fsp3) is 0.409. The van der Waals surface area contributed by atoms with Gasteiger partial charge < -0.3 is 9.64 Å². The van der Waals surface area contributed by atoms with Gasteiger partial charge in [-0.1, -0.05) is 30.3 Å². The van der Waals surface area contributed by atoms with Crippen LogP contribution in [0.3, 0.4) is 0 Å². The van der Waals surface area contributed by atoms with Crippen molar-refractivity contribution in [2.45, 2.75) is 31.8 Å². The Bertz CT molecular complexity index is 759. The van der Waals surface area contributed by atoms with Crippen molar-refractivity contribution >= 4 is 11.9 Å². The topological polar surface area (TPSA) is 62.7 Å². The fourth-order valence-electron chi connectivity index (χ4n) is 3.65. The summed E-state index contributed by atoms with van der Waals surface area (Å²) in [5.74, 6) is -0.346. The second-order valence-corrected chi connectivity index (χ2v) is 7.05. The molecule has 0 saturated carbocycles. The molecule has 1 saturated heterocycles. The van der Waals surface area contributed by atoms with Gasteiger partial charge in [-0.15, -0.1) is 0 Å². The largest absolute Gasteiger partial charge is 0.469 e. The Hall–Kier alpha value is -2.73. The highest BCUT2D eigenvalue weighted by Gasteiger charge is 2.29. The van der Waals surface area contributed by atoms with Gasteiger partial charge in [0.15, 0.2) is 0 Å². The molecule has 3 rings (SSSR count). The van der Waals surface area contributed by atoms with Crippen LogP contribution in [0.5, 0.6) is 0 Å². The Morgan fingerprint density at radius 3 is 2.43 bits per heavy atom. The van der Waals surface area contributed by atoms with E-state index in [2.05, 4.69) is 34.1 Å². The van der Waals surface area contributed by atoms with Gasteiger partial charge in [0.25, 0.3) is 5.91 Å². The monoisotopic (exact) mass is 381 g/mol. The summed E-state index contributed by atoms with van der Waals surface area (Å²) in [6.07, 6.45) is 5.23. The lowest BCUT2D eigenvalue weighted by atomic mass is 10.0. The van der Waals surface area contributed by atoms with Gasteiger partial charge in [-0.3, -0.25) is 19.5 Å². The van der Waals surface area contributed by atoms with Crippen LogP contribution in [-0.4, -0.2) is 59.4 Å². The molecule has 6 heteroatoms. The number of pyridine rings is 1. The van der Waals surface area contributed by atoms with Gasteiger partial charge in [-0.25, -0.2) is 0 Å². The highest BCUT2D eigenvalue weighted by atomic mass is 16.5. The molecular weight excluding hydrogens is 354 g/mol. The number of carbonyl (C=O) groups excluding carboxylic acids is 2. The Kier molecular flexibility index (Phi) is 7.14. The van der Waals surface area contributed by atoms with E-state index in [9.17, 15) is 9.59 Å². The average Bonchev–Trinajstić information content (AvgIpc) is 2.76. The van der Waals surface area contributed by atoms with E-state index in [-0.39, 0.29) is 24.3 Å². The number of methoxy groups -OCH3 is 1. The molecule has 0 N–H and O–H groups in total. The summed E-state index contributed by atoms with van der Waals surface area (Å²) in [4.78, 5) is 32.9. The highest BCUT2D eigenvalue weighted by molar-refractivity contribution is 5.94. The van der Waals surface area contributed by atoms with Gasteiger partial charge >= 0.3 is 5.97 Å². The zero-order chi connectivity index (χ0) is 19.8. The molecule has 1 aliphatic heterocycles. The van der Waals surface area contributed by atoms with E-state index in [1.807, 2.05) is 11.0 Å². The maximum absolute atomic E-state index is 13.0. The van der Waals surface area contributed by atoms with Gasteiger partial charge in [0.05, 0.1) is 13.5 Å². The SMILES string of the molecule is COC(=O)CCN(C(=O)c1ccncc1)C1CCN(Cc2ccccc2)CC1. The van der Waals surface area contributed by atoms with Gasteiger partial charge in [0.2, 0.25) is 0 Å². The van der Waals surface area contributed by atoms with Crippen molar-refractivity contribution in [3.05, 3.63) is 66.0 Å². The maximum Gasteiger partial charge on any atom is 0.307 e. The summed E-state index contributed by atoms with van der Waals surface area (Å²) in [6, 6.07) is 14.0. The molecule has 0 spiro atoms. The first kappa shape index (κ1) is 20.0. The molecule has 1 amide bonds. The van der Waals surface area contributed by atoms with E-state index in [4.69, 9.17) is 4.74 Å². The van der Waals surface area contributed by atoms with Crippen LogP contribution < -0.4 is 0 Å². The third kappa shape index (κ3) is 5.39. The number of hydrogen-bond donors (Lipinski definition) is 0. The van der Waals surface area contributed by atoms with Gasteiger partial charge in [0, 0.05) is 50.2 Å². The molecule has 148 valence electrons. The molecule has 0 unspecified atom stereocenters. The lowest BCUT2D eigenvalue weighted by Gasteiger charge is -2.38. The van der Waals surface area contributed by atoms with Crippen molar-refractivity contribution in [3.8, 4) is 0 Å². The first-order valence-corrected chi connectivity index (χ1v) is 9.71. The first-order chi connectivity index (χ1) is 13.7. The molecule has 2 aromatic rings. The number of amides is 1. The second-order valence-electron chi connectivity index (χ2n) is 7.05. The number of nitrogens with zero attached hydrogens (tertiary/aromatic N) is 3. The van der Waals surface area contributed by atoms with Crippen LogP contribution in [-0.2, 0) is 16.1 Å². The molecule has 0 atom stereocenters. The van der Waals surface area contributed by atoms with Crippen LogP contribution in [0.15, 0.2) is 54.9 Å². The third-order valence-corrected chi connectivity index (χ3v) is 5.22. The number of carbonyl (C=O) groups is 2. The van der Waals surface area contributed by atoms with E-state index in [1.165, 1.54) is 12.7 Å². The maximum atomic E-state index is 13.0. The minimum Gasteiger partial charge on any atom is -0.469 e. The Labute approximate surface area is 166 Å². The normalized spacial score (nSPS) is 15.2. The van der Waals surface area contributed by atoms with Gasteiger partial charge in [-0.2, -0.15) is 0 Å². The van der Waals surface area contributed by atoms with Gasteiger partial charge in [-0.05, 0) is 30.5 Å². The van der Waals surface area contributed by atoms with Gasteiger partial charge in [0.1, 0.15) is 0 Å². The third-order valence-electron chi connectivity index (χ3n) is 5.22. The lowest BCUT2D eigenvalue weighted by molar-refractivity contribution is -0.140. The quantitative estimate of drug-likeness (QED) is 0.690. The van der Waals surface area contributed by atoms with E-state index in [1.54, 1.807) is 24.5 Å². The summed E-state index contributed by atoms with van der Waals surface area (Å²) >= 11 is 0. The second kappa shape index (κ2) is 9.99. The predicted octanol–water partition coefficient (Wildman–Crippen LogP) is 2.75. The smallest absolute Gasteiger partial charge is 0.307 e. The summed E-state index contributed by atoms with van der Waals surface area (Å²) in [6.45, 7) is 3.15. The Morgan fingerprint density at radius 2 is 1.79 bits per heavy atom. The van der Waals surface area contributed by atoms with Crippen LogP contribution in [0.1, 0.15) is 35.2 Å². The molecule has 1 aromatic heterocycles. The molecule has 0 aliphatic carbocycles. The van der Waals surface area contributed by atoms with Crippen LogP contribution >= 0.6 is 0 Å². The molecule has 0 bridgehead atoms. The van der Waals surface area contributed by atoms with E-state index in [0.29, 0.717) is 12.1 Å². The number of aromatic nitrogens is 1. The minimum absolute atomic E-state index is 0.0483. The van der Waals surface area contributed by atoms with E-state index in [0.717, 1.165) is 32.5 Å². The first-order valence-electron chi connectivity index (χ1n) is 9.71. The minimum atomic E-state index is -0.297. The summed E-state index contributed by atoms with van der Waals surface area (Å²) in [7, 11) is 1.37. The summed E-state index contributed by atoms with van der Waals surface area (Å²) < 4.78 is 4.76. The van der Waals surface area contributed by atoms with Crippen molar-refractivity contribution in [2.24, 2.45) is 0 Å². The number of likely N-dealkylation sites (tertiary alicyclic amines) is 1. The van der Waals surface area contributed by atoms with E-state index >= 15 is 0 Å². The molecule has 2 heterocycles.